The monoisotopic (exact) mass is 305 g/mol. The molecule has 1 aliphatic rings. The van der Waals surface area contributed by atoms with Crippen molar-refractivity contribution in [1.29, 1.82) is 0 Å². The van der Waals surface area contributed by atoms with E-state index in [1.165, 1.54) is 0 Å². The molecular weight excluding hydrogens is 282 g/mol. The molecule has 1 aromatic carbocycles. The average molecular weight is 305 g/mol. The van der Waals surface area contributed by atoms with Crippen molar-refractivity contribution in [3.63, 3.8) is 0 Å². The number of hydrogen-bond donors (Lipinski definition) is 1. The molecule has 1 N–H and O–H groups in total. The summed E-state index contributed by atoms with van der Waals surface area (Å²) < 4.78 is 16.0. The number of nitrogens with one attached hydrogen (secondary N) is 1. The van der Waals surface area contributed by atoms with Crippen LogP contribution in [0.1, 0.15) is 25.3 Å². The van der Waals surface area contributed by atoms with Crippen molar-refractivity contribution in [1.82, 2.24) is 5.32 Å². The lowest BCUT2D eigenvalue weighted by Gasteiger charge is -2.11. The molecule has 22 heavy (non-hydrogen) atoms. The number of methoxy groups -OCH3 is 2. The zero-order chi connectivity index (χ0) is 15.9. The molecule has 1 amide bonds. The van der Waals surface area contributed by atoms with Crippen LogP contribution in [0.3, 0.4) is 0 Å². The quantitative estimate of drug-likeness (QED) is 0.820. The normalized spacial score (nSPS) is 18.1. The second-order valence-corrected chi connectivity index (χ2v) is 5.29. The van der Waals surface area contributed by atoms with Crippen LogP contribution >= 0.6 is 0 Å². The van der Waals surface area contributed by atoms with Gasteiger partial charge in [0.2, 0.25) is 5.91 Å². The smallest absolute Gasteiger partial charge is 0.247 e. The third-order valence-corrected chi connectivity index (χ3v) is 3.66. The molecule has 0 spiro atoms. The highest BCUT2D eigenvalue weighted by atomic mass is 16.5. The number of rotatable bonds is 6. The Labute approximate surface area is 131 Å². The third kappa shape index (κ3) is 4.24. The summed E-state index contributed by atoms with van der Waals surface area (Å²) >= 11 is 0. The Bertz CT molecular complexity index is 548. The van der Waals surface area contributed by atoms with E-state index in [1.54, 1.807) is 21.1 Å². The summed E-state index contributed by atoms with van der Waals surface area (Å²) in [7, 11) is 3.18. The van der Waals surface area contributed by atoms with Crippen LogP contribution in [0.15, 0.2) is 23.8 Å². The van der Waals surface area contributed by atoms with E-state index < -0.39 is 0 Å². The highest BCUT2D eigenvalue weighted by Crippen LogP contribution is 2.28. The first-order chi connectivity index (χ1) is 10.6. The molecule has 5 nitrogen and oxygen atoms in total. The van der Waals surface area contributed by atoms with E-state index in [0.29, 0.717) is 23.6 Å². The van der Waals surface area contributed by atoms with Crippen molar-refractivity contribution in [2.45, 2.75) is 25.9 Å². The summed E-state index contributed by atoms with van der Waals surface area (Å²) in [5.41, 5.74) is 1.53. The maximum absolute atomic E-state index is 12.1. The van der Waals surface area contributed by atoms with Crippen molar-refractivity contribution < 1.29 is 19.0 Å². The minimum atomic E-state index is -0.0784. The van der Waals surface area contributed by atoms with Gasteiger partial charge >= 0.3 is 0 Å². The van der Waals surface area contributed by atoms with E-state index in [9.17, 15) is 4.79 Å². The predicted octanol–water partition coefficient (Wildman–Crippen LogP) is 2.40. The molecule has 120 valence electrons. The fraction of sp³-hybridized carbons (Fsp3) is 0.471. The third-order valence-electron chi connectivity index (χ3n) is 3.66. The Balaban J connectivity index is 1.99. The van der Waals surface area contributed by atoms with Crippen LogP contribution in [0.25, 0.3) is 6.08 Å². The second kappa shape index (κ2) is 7.84. The first kappa shape index (κ1) is 16.4. The van der Waals surface area contributed by atoms with Crippen molar-refractivity contribution in [3.05, 3.63) is 29.3 Å². The van der Waals surface area contributed by atoms with Crippen molar-refractivity contribution >= 4 is 12.0 Å². The number of hydrogen-bond acceptors (Lipinski definition) is 4. The van der Waals surface area contributed by atoms with Gasteiger partial charge in [-0.25, -0.2) is 0 Å². The van der Waals surface area contributed by atoms with Crippen LogP contribution in [0.5, 0.6) is 11.5 Å². The van der Waals surface area contributed by atoms with Gasteiger partial charge in [-0.3, -0.25) is 4.79 Å². The molecule has 2 rings (SSSR count). The lowest BCUT2D eigenvalue weighted by molar-refractivity contribution is -0.117. The molecule has 1 fully saturated rings. The largest absolute Gasteiger partial charge is 0.493 e. The van der Waals surface area contributed by atoms with Gasteiger partial charge in [0, 0.05) is 18.7 Å². The lowest BCUT2D eigenvalue weighted by atomic mass is 10.1. The van der Waals surface area contributed by atoms with Crippen molar-refractivity contribution in [2.75, 3.05) is 27.4 Å². The summed E-state index contributed by atoms with van der Waals surface area (Å²) in [4.78, 5) is 12.1. The zero-order valence-corrected chi connectivity index (χ0v) is 13.3. The zero-order valence-electron chi connectivity index (χ0n) is 13.3. The first-order valence-electron chi connectivity index (χ1n) is 7.44. The fourth-order valence-corrected chi connectivity index (χ4v) is 2.41. The topological polar surface area (TPSA) is 56.8 Å². The van der Waals surface area contributed by atoms with Gasteiger partial charge in [-0.15, -0.1) is 0 Å². The van der Waals surface area contributed by atoms with Crippen LogP contribution in [0, 0.1) is 0 Å². The minimum Gasteiger partial charge on any atom is -0.493 e. The van der Waals surface area contributed by atoms with Crippen LogP contribution in [-0.4, -0.2) is 39.4 Å². The molecule has 0 saturated carbocycles. The Morgan fingerprint density at radius 1 is 1.36 bits per heavy atom. The molecule has 1 unspecified atom stereocenters. The summed E-state index contributed by atoms with van der Waals surface area (Å²) in [6, 6.07) is 5.55. The van der Waals surface area contributed by atoms with Crippen LogP contribution < -0.4 is 14.8 Å². The van der Waals surface area contributed by atoms with Gasteiger partial charge in [-0.1, -0.05) is 6.07 Å². The number of carbonyl (C=O) groups excluding carboxylic acids is 1. The van der Waals surface area contributed by atoms with Gasteiger partial charge in [-0.05, 0) is 43.5 Å². The van der Waals surface area contributed by atoms with Gasteiger partial charge < -0.3 is 19.5 Å². The van der Waals surface area contributed by atoms with Crippen LogP contribution in [-0.2, 0) is 9.53 Å². The molecule has 1 saturated heterocycles. The number of benzene rings is 1. The van der Waals surface area contributed by atoms with E-state index in [1.807, 2.05) is 24.3 Å². The van der Waals surface area contributed by atoms with E-state index in [4.69, 9.17) is 14.2 Å². The van der Waals surface area contributed by atoms with Crippen LogP contribution in [0.4, 0.5) is 0 Å². The first-order valence-corrected chi connectivity index (χ1v) is 7.44. The van der Waals surface area contributed by atoms with Gasteiger partial charge in [0.05, 0.1) is 20.3 Å². The van der Waals surface area contributed by atoms with Gasteiger partial charge in [-0.2, -0.15) is 0 Å². The molecule has 0 aliphatic carbocycles. The second-order valence-electron chi connectivity index (χ2n) is 5.29. The standard InChI is InChI=1S/C17H23NO4/c1-12(17(19)18-11-14-5-4-8-22-14)9-13-6-7-15(20-2)16(10-13)21-3/h6-7,9-10,14H,4-5,8,11H2,1-3H3,(H,18,19)/b12-9+. The Morgan fingerprint density at radius 3 is 2.77 bits per heavy atom. The van der Waals surface area contributed by atoms with Crippen molar-refractivity contribution in [3.8, 4) is 11.5 Å². The SMILES string of the molecule is COc1ccc(/C=C(\C)C(=O)NCC2CCCO2)cc1OC. The Kier molecular flexibility index (Phi) is 5.83. The molecule has 1 heterocycles. The maximum Gasteiger partial charge on any atom is 0.247 e. The maximum atomic E-state index is 12.1. The summed E-state index contributed by atoms with van der Waals surface area (Å²) in [6.45, 7) is 3.15. The predicted molar refractivity (Wildman–Crippen MR) is 85.2 cm³/mol. The number of ether oxygens (including phenoxy) is 3. The fourth-order valence-electron chi connectivity index (χ4n) is 2.41. The van der Waals surface area contributed by atoms with Crippen molar-refractivity contribution in [2.24, 2.45) is 0 Å². The molecule has 1 aliphatic heterocycles. The number of carbonyl (C=O) groups is 1. The molecule has 1 aromatic rings. The van der Waals surface area contributed by atoms with Gasteiger partial charge in [0.25, 0.3) is 0 Å². The highest BCUT2D eigenvalue weighted by Gasteiger charge is 2.16. The van der Waals surface area contributed by atoms with E-state index in [2.05, 4.69) is 5.32 Å². The Morgan fingerprint density at radius 2 is 2.14 bits per heavy atom. The molecule has 5 heteroatoms. The molecule has 0 bridgehead atoms. The van der Waals surface area contributed by atoms with E-state index in [0.717, 1.165) is 25.0 Å². The average Bonchev–Trinajstić information content (AvgIpc) is 3.05. The van der Waals surface area contributed by atoms with Crippen LogP contribution in [0.2, 0.25) is 0 Å². The summed E-state index contributed by atoms with van der Waals surface area (Å²) in [5.74, 6) is 1.23. The molecule has 0 aromatic heterocycles. The minimum absolute atomic E-state index is 0.0784. The highest BCUT2D eigenvalue weighted by molar-refractivity contribution is 5.97. The summed E-state index contributed by atoms with van der Waals surface area (Å²) in [5, 5.41) is 2.91. The number of amides is 1. The van der Waals surface area contributed by atoms with E-state index >= 15 is 0 Å². The molecular formula is C17H23NO4. The summed E-state index contributed by atoms with van der Waals surface area (Å²) in [6.07, 6.45) is 4.06. The molecule has 0 radical (unpaired) electrons. The Hall–Kier alpha value is -2.01. The lowest BCUT2D eigenvalue weighted by Crippen LogP contribution is -2.32. The van der Waals surface area contributed by atoms with Gasteiger partial charge in [0.15, 0.2) is 11.5 Å². The molecule has 1 atom stereocenters. The van der Waals surface area contributed by atoms with Gasteiger partial charge in [0.1, 0.15) is 0 Å². The van der Waals surface area contributed by atoms with E-state index in [-0.39, 0.29) is 12.0 Å².